The van der Waals surface area contributed by atoms with E-state index in [-0.39, 0.29) is 21.8 Å². The van der Waals surface area contributed by atoms with Gasteiger partial charge in [-0.25, -0.2) is 9.37 Å². The van der Waals surface area contributed by atoms with Crippen molar-refractivity contribution in [1.82, 2.24) is 19.7 Å². The molecule has 0 unspecified atom stereocenters. The number of hydrogen-bond donors (Lipinski definition) is 2. The van der Waals surface area contributed by atoms with E-state index >= 15 is 0 Å². The summed E-state index contributed by atoms with van der Waals surface area (Å²) in [4.78, 5) is 20.2. The zero-order valence-electron chi connectivity index (χ0n) is 13.6. The highest BCUT2D eigenvalue weighted by molar-refractivity contribution is 6.37. The number of fused-ring (bicyclic) bond motifs is 1. The van der Waals surface area contributed by atoms with Crippen molar-refractivity contribution in [3.8, 4) is 11.1 Å². The second-order valence-corrected chi connectivity index (χ2v) is 6.26. The van der Waals surface area contributed by atoms with E-state index in [1.165, 1.54) is 12.3 Å². The Labute approximate surface area is 152 Å². The van der Waals surface area contributed by atoms with Crippen LogP contribution in [0.15, 0.2) is 43.0 Å². The number of anilines is 1. The molecule has 0 aliphatic rings. The first-order valence-corrected chi connectivity index (χ1v) is 8.08. The van der Waals surface area contributed by atoms with Crippen molar-refractivity contribution in [3.05, 3.63) is 65.0 Å². The first-order chi connectivity index (χ1) is 12.5. The molecule has 8 heteroatoms. The first-order valence-electron chi connectivity index (χ1n) is 7.70. The number of hydrogen-bond acceptors (Lipinski definition) is 4. The fourth-order valence-electron chi connectivity index (χ4n) is 2.83. The van der Waals surface area contributed by atoms with Gasteiger partial charge in [0.15, 0.2) is 5.78 Å². The number of ketones is 1. The molecule has 3 N–H and O–H groups in total. The summed E-state index contributed by atoms with van der Waals surface area (Å²) in [7, 11) is 1.81. The van der Waals surface area contributed by atoms with Gasteiger partial charge in [0.1, 0.15) is 11.5 Å². The van der Waals surface area contributed by atoms with Crippen LogP contribution in [0.1, 0.15) is 15.9 Å². The van der Waals surface area contributed by atoms with Gasteiger partial charge in [-0.15, -0.1) is 0 Å². The quantitative estimate of drug-likeness (QED) is 0.426. The summed E-state index contributed by atoms with van der Waals surface area (Å²) in [5, 5.41) is 4.60. The lowest BCUT2D eigenvalue weighted by molar-refractivity contribution is 0.103. The van der Waals surface area contributed by atoms with Crippen molar-refractivity contribution >= 4 is 34.1 Å². The first kappa shape index (κ1) is 16.3. The fourth-order valence-corrected chi connectivity index (χ4v) is 3.07. The van der Waals surface area contributed by atoms with Gasteiger partial charge in [0.2, 0.25) is 0 Å². The number of benzene rings is 1. The van der Waals surface area contributed by atoms with Gasteiger partial charge in [-0.2, -0.15) is 5.10 Å². The van der Waals surface area contributed by atoms with Gasteiger partial charge in [0.05, 0.1) is 22.5 Å². The Hall–Kier alpha value is -3.19. The van der Waals surface area contributed by atoms with Crippen molar-refractivity contribution in [2.45, 2.75) is 0 Å². The van der Waals surface area contributed by atoms with E-state index in [0.717, 1.165) is 17.2 Å². The van der Waals surface area contributed by atoms with Gasteiger partial charge in [-0.05, 0) is 18.2 Å². The minimum absolute atomic E-state index is 0.0966. The maximum absolute atomic E-state index is 14.2. The Morgan fingerprint density at radius 1 is 1.31 bits per heavy atom. The highest BCUT2D eigenvalue weighted by Gasteiger charge is 2.23. The van der Waals surface area contributed by atoms with Gasteiger partial charge in [-0.3, -0.25) is 9.48 Å². The van der Waals surface area contributed by atoms with Crippen LogP contribution in [0.2, 0.25) is 5.02 Å². The molecular weight excluding hydrogens is 357 g/mol. The van der Waals surface area contributed by atoms with Crippen LogP contribution in [-0.2, 0) is 7.05 Å². The number of halogens is 2. The van der Waals surface area contributed by atoms with E-state index in [1.807, 2.05) is 13.2 Å². The molecule has 6 nitrogen and oxygen atoms in total. The SMILES string of the molecule is Cn1cc(-c2cnc3[nH]cc(C(=O)c4c(F)ccc(N)c4Cl)c3c2)cn1. The van der Waals surface area contributed by atoms with Gasteiger partial charge >= 0.3 is 0 Å². The fraction of sp³-hybridized carbons (Fsp3) is 0.0556. The highest BCUT2D eigenvalue weighted by Crippen LogP contribution is 2.31. The summed E-state index contributed by atoms with van der Waals surface area (Å²) in [6.07, 6.45) is 6.71. The van der Waals surface area contributed by atoms with Crippen LogP contribution in [0.5, 0.6) is 0 Å². The van der Waals surface area contributed by atoms with E-state index in [0.29, 0.717) is 11.0 Å². The molecule has 130 valence electrons. The number of nitrogens with two attached hydrogens (primary N) is 1. The number of H-pyrrole nitrogens is 1. The second-order valence-electron chi connectivity index (χ2n) is 5.88. The lowest BCUT2D eigenvalue weighted by Gasteiger charge is -2.07. The Balaban J connectivity index is 1.87. The predicted octanol–water partition coefficient (Wildman–Crippen LogP) is 3.57. The summed E-state index contributed by atoms with van der Waals surface area (Å²) in [5.41, 5.74) is 8.04. The molecule has 0 saturated heterocycles. The molecule has 4 aromatic rings. The zero-order chi connectivity index (χ0) is 18.4. The molecule has 3 heterocycles. The minimum Gasteiger partial charge on any atom is -0.398 e. The molecule has 0 spiro atoms. The minimum atomic E-state index is -0.722. The van der Waals surface area contributed by atoms with Crippen LogP contribution in [0, 0.1) is 5.82 Å². The number of aromatic amines is 1. The number of nitrogens with one attached hydrogen (secondary N) is 1. The lowest BCUT2D eigenvalue weighted by atomic mass is 10.0. The van der Waals surface area contributed by atoms with Crippen LogP contribution in [0.4, 0.5) is 10.1 Å². The molecule has 0 bridgehead atoms. The Morgan fingerprint density at radius 3 is 2.85 bits per heavy atom. The van der Waals surface area contributed by atoms with Crippen molar-refractivity contribution < 1.29 is 9.18 Å². The van der Waals surface area contributed by atoms with Crippen molar-refractivity contribution in [3.63, 3.8) is 0 Å². The van der Waals surface area contributed by atoms with Crippen LogP contribution in [0.3, 0.4) is 0 Å². The van der Waals surface area contributed by atoms with Gasteiger partial charge < -0.3 is 10.7 Å². The van der Waals surface area contributed by atoms with Crippen LogP contribution in [0.25, 0.3) is 22.2 Å². The summed E-state index contributed by atoms with van der Waals surface area (Å²) in [6, 6.07) is 4.26. The van der Waals surface area contributed by atoms with Gasteiger partial charge in [0, 0.05) is 47.7 Å². The normalized spacial score (nSPS) is 11.2. The number of carbonyl (C=O) groups is 1. The van der Waals surface area contributed by atoms with Gasteiger partial charge in [-0.1, -0.05) is 11.6 Å². The number of rotatable bonds is 3. The maximum Gasteiger partial charge on any atom is 0.199 e. The van der Waals surface area contributed by atoms with E-state index in [4.69, 9.17) is 17.3 Å². The number of carbonyl (C=O) groups excluding carboxylic acids is 1. The van der Waals surface area contributed by atoms with Crippen LogP contribution in [-0.4, -0.2) is 25.5 Å². The van der Waals surface area contributed by atoms with E-state index in [1.54, 1.807) is 23.1 Å². The largest absolute Gasteiger partial charge is 0.398 e. The van der Waals surface area contributed by atoms with E-state index in [9.17, 15) is 9.18 Å². The number of pyridine rings is 1. The molecular formula is C18H13ClFN5O. The third-order valence-corrected chi connectivity index (χ3v) is 4.57. The molecule has 0 fully saturated rings. The molecule has 3 aromatic heterocycles. The Morgan fingerprint density at radius 2 is 2.12 bits per heavy atom. The third-order valence-electron chi connectivity index (χ3n) is 4.16. The summed E-state index contributed by atoms with van der Waals surface area (Å²) < 4.78 is 15.9. The number of aryl methyl sites for hydroxylation is 1. The smallest absolute Gasteiger partial charge is 0.199 e. The monoisotopic (exact) mass is 369 g/mol. The third kappa shape index (κ3) is 2.53. The Bertz CT molecular complexity index is 1160. The zero-order valence-corrected chi connectivity index (χ0v) is 14.4. The molecule has 0 aliphatic carbocycles. The number of nitrogens with zero attached hydrogens (tertiary/aromatic N) is 3. The standard InChI is InChI=1S/C18H13ClFN5O/c1-25-8-10(6-24-25)9-4-11-12(7-23-18(11)22-5-9)17(26)15-13(20)2-3-14(21)16(15)19/h2-8H,21H2,1H3,(H,22,23). The number of aromatic nitrogens is 4. The molecule has 0 aliphatic heterocycles. The summed E-state index contributed by atoms with van der Waals surface area (Å²) in [6.45, 7) is 0. The van der Waals surface area contributed by atoms with Crippen molar-refractivity contribution in [1.29, 1.82) is 0 Å². The van der Waals surface area contributed by atoms with Crippen LogP contribution >= 0.6 is 11.6 Å². The van der Waals surface area contributed by atoms with Crippen LogP contribution < -0.4 is 5.73 Å². The van der Waals surface area contributed by atoms with E-state index in [2.05, 4.69) is 15.1 Å². The molecule has 26 heavy (non-hydrogen) atoms. The lowest BCUT2D eigenvalue weighted by Crippen LogP contribution is -2.06. The second kappa shape index (κ2) is 5.96. The molecule has 0 atom stereocenters. The van der Waals surface area contributed by atoms with Crippen molar-refractivity contribution in [2.24, 2.45) is 7.05 Å². The molecule has 0 saturated carbocycles. The predicted molar refractivity (Wildman–Crippen MR) is 97.6 cm³/mol. The topological polar surface area (TPSA) is 89.6 Å². The summed E-state index contributed by atoms with van der Waals surface area (Å²) in [5.74, 6) is -1.28. The Kier molecular flexibility index (Phi) is 3.73. The molecule has 1 aromatic carbocycles. The van der Waals surface area contributed by atoms with Crippen molar-refractivity contribution in [2.75, 3.05) is 5.73 Å². The molecule has 0 radical (unpaired) electrons. The molecule has 0 amide bonds. The van der Waals surface area contributed by atoms with E-state index < -0.39 is 11.6 Å². The average Bonchev–Trinajstić information content (AvgIpc) is 3.24. The average molecular weight is 370 g/mol. The molecule has 4 rings (SSSR count). The highest BCUT2D eigenvalue weighted by atomic mass is 35.5. The number of nitrogen functional groups attached to an aromatic ring is 1. The summed E-state index contributed by atoms with van der Waals surface area (Å²) >= 11 is 6.07. The maximum atomic E-state index is 14.2. The van der Waals surface area contributed by atoms with Gasteiger partial charge in [0.25, 0.3) is 0 Å².